The Morgan fingerprint density at radius 2 is 2.21 bits per heavy atom. The molecule has 0 aliphatic carbocycles. The van der Waals surface area contributed by atoms with Gasteiger partial charge in [0.25, 0.3) is 0 Å². The molecule has 3 nitrogen and oxygen atoms in total. The monoisotopic (exact) mass is 344 g/mol. The summed E-state index contributed by atoms with van der Waals surface area (Å²) < 4.78 is 6.52. The summed E-state index contributed by atoms with van der Waals surface area (Å²) in [6, 6.07) is 8.76. The van der Waals surface area contributed by atoms with Crippen molar-refractivity contribution in [2.45, 2.75) is 30.2 Å². The first-order chi connectivity index (χ1) is 9.28. The molecular formula is C14H21BrN2OS. The van der Waals surface area contributed by atoms with E-state index in [0.29, 0.717) is 6.04 Å². The molecule has 19 heavy (non-hydrogen) atoms. The molecule has 106 valence electrons. The van der Waals surface area contributed by atoms with E-state index in [1.165, 1.54) is 17.7 Å². The molecule has 1 aromatic carbocycles. The summed E-state index contributed by atoms with van der Waals surface area (Å²) in [5.74, 6) is 7.43. The Morgan fingerprint density at radius 1 is 1.42 bits per heavy atom. The fraction of sp³-hybridized carbons (Fsp3) is 0.571. The van der Waals surface area contributed by atoms with E-state index in [4.69, 9.17) is 10.6 Å². The molecule has 0 saturated carbocycles. The van der Waals surface area contributed by atoms with Gasteiger partial charge >= 0.3 is 0 Å². The van der Waals surface area contributed by atoms with Crippen LogP contribution in [0.4, 0.5) is 0 Å². The number of nitrogens with one attached hydrogen (secondary N) is 1. The van der Waals surface area contributed by atoms with Crippen LogP contribution in [0.15, 0.2) is 33.6 Å². The third-order valence-electron chi connectivity index (χ3n) is 3.44. The number of hydrogen-bond acceptors (Lipinski definition) is 4. The molecular weight excluding hydrogens is 324 g/mol. The smallest absolute Gasteiger partial charge is 0.0468 e. The van der Waals surface area contributed by atoms with Gasteiger partial charge in [-0.15, -0.1) is 11.8 Å². The van der Waals surface area contributed by atoms with Gasteiger partial charge in [-0.3, -0.25) is 11.3 Å². The first-order valence-electron chi connectivity index (χ1n) is 6.70. The number of nitrogens with two attached hydrogens (primary N) is 1. The molecule has 3 N–H and O–H groups in total. The van der Waals surface area contributed by atoms with E-state index in [1.54, 1.807) is 0 Å². The Kier molecular flexibility index (Phi) is 6.67. The quantitative estimate of drug-likeness (QED) is 0.472. The summed E-state index contributed by atoms with van der Waals surface area (Å²) in [5, 5.41) is 0. The van der Waals surface area contributed by atoms with Gasteiger partial charge in [-0.05, 0) is 43.4 Å². The predicted octanol–water partition coefficient (Wildman–Crippen LogP) is 3.19. The first kappa shape index (κ1) is 15.3. The number of hydrazine groups is 1. The largest absolute Gasteiger partial charge is 0.381 e. The van der Waals surface area contributed by atoms with Gasteiger partial charge in [-0.25, -0.2) is 0 Å². The van der Waals surface area contributed by atoms with Crippen molar-refractivity contribution in [1.29, 1.82) is 0 Å². The van der Waals surface area contributed by atoms with Crippen LogP contribution < -0.4 is 11.3 Å². The molecule has 0 spiro atoms. The Labute approximate surface area is 127 Å². The van der Waals surface area contributed by atoms with Gasteiger partial charge in [-0.1, -0.05) is 22.0 Å². The fourth-order valence-electron chi connectivity index (χ4n) is 2.32. The topological polar surface area (TPSA) is 47.3 Å². The summed E-state index contributed by atoms with van der Waals surface area (Å²) >= 11 is 5.35. The Bertz CT molecular complexity index is 385. The maximum absolute atomic E-state index is 5.68. The van der Waals surface area contributed by atoms with Crippen LogP contribution >= 0.6 is 27.7 Å². The van der Waals surface area contributed by atoms with E-state index < -0.39 is 0 Å². The summed E-state index contributed by atoms with van der Waals surface area (Å²) in [7, 11) is 0. The van der Waals surface area contributed by atoms with Crippen LogP contribution in [0.5, 0.6) is 0 Å². The lowest BCUT2D eigenvalue weighted by Gasteiger charge is -2.26. The highest BCUT2D eigenvalue weighted by Crippen LogP contribution is 2.25. The molecule has 1 saturated heterocycles. The number of ether oxygens (including phenoxy) is 1. The van der Waals surface area contributed by atoms with Gasteiger partial charge in [0.15, 0.2) is 0 Å². The molecule has 1 aliphatic heterocycles. The number of hydrogen-bond donors (Lipinski definition) is 2. The van der Waals surface area contributed by atoms with Crippen LogP contribution in [0.2, 0.25) is 0 Å². The third kappa shape index (κ3) is 5.44. The molecule has 0 bridgehead atoms. The summed E-state index contributed by atoms with van der Waals surface area (Å²) in [5.41, 5.74) is 2.96. The average molecular weight is 345 g/mol. The second-order valence-electron chi connectivity index (χ2n) is 4.92. The normalized spacial score (nSPS) is 18.4. The van der Waals surface area contributed by atoms with Gasteiger partial charge in [0.1, 0.15) is 0 Å². The minimum atomic E-state index is 0.368. The molecule has 1 heterocycles. The van der Waals surface area contributed by atoms with Gasteiger partial charge in [0.05, 0.1) is 0 Å². The van der Waals surface area contributed by atoms with Crippen LogP contribution in [0, 0.1) is 5.92 Å². The van der Waals surface area contributed by atoms with E-state index >= 15 is 0 Å². The summed E-state index contributed by atoms with van der Waals surface area (Å²) in [6.45, 7) is 1.81. The van der Waals surface area contributed by atoms with Gasteiger partial charge < -0.3 is 4.74 Å². The SMILES string of the molecule is NNC(CSc1cccc(Br)c1)CC1CCOCC1. The van der Waals surface area contributed by atoms with E-state index in [0.717, 1.165) is 35.8 Å². The van der Waals surface area contributed by atoms with E-state index in [2.05, 4.69) is 39.6 Å². The van der Waals surface area contributed by atoms with Crippen molar-refractivity contribution in [2.24, 2.45) is 11.8 Å². The summed E-state index contributed by atoms with van der Waals surface area (Å²) in [6.07, 6.45) is 3.47. The van der Waals surface area contributed by atoms with Gasteiger partial charge in [0, 0.05) is 34.4 Å². The molecule has 5 heteroatoms. The van der Waals surface area contributed by atoms with Gasteiger partial charge in [-0.2, -0.15) is 0 Å². The van der Waals surface area contributed by atoms with E-state index in [-0.39, 0.29) is 0 Å². The molecule has 1 aliphatic rings. The lowest BCUT2D eigenvalue weighted by Crippen LogP contribution is -2.39. The zero-order valence-corrected chi connectivity index (χ0v) is 13.4. The number of benzene rings is 1. The minimum absolute atomic E-state index is 0.368. The van der Waals surface area contributed by atoms with Crippen LogP contribution in [-0.2, 0) is 4.74 Å². The zero-order valence-electron chi connectivity index (χ0n) is 11.0. The number of halogens is 1. The first-order valence-corrected chi connectivity index (χ1v) is 8.48. The maximum atomic E-state index is 5.68. The molecule has 2 rings (SSSR count). The summed E-state index contributed by atoms with van der Waals surface area (Å²) in [4.78, 5) is 1.28. The molecule has 1 unspecified atom stereocenters. The predicted molar refractivity (Wildman–Crippen MR) is 84.1 cm³/mol. The molecule has 0 aromatic heterocycles. The lowest BCUT2D eigenvalue weighted by molar-refractivity contribution is 0.0613. The number of thioether (sulfide) groups is 1. The van der Waals surface area contributed by atoms with Crippen molar-refractivity contribution in [2.75, 3.05) is 19.0 Å². The van der Waals surface area contributed by atoms with Crippen molar-refractivity contribution in [3.05, 3.63) is 28.7 Å². The highest BCUT2D eigenvalue weighted by Gasteiger charge is 2.18. The third-order valence-corrected chi connectivity index (χ3v) is 5.09. The fourth-order valence-corrected chi connectivity index (χ4v) is 3.88. The van der Waals surface area contributed by atoms with Crippen molar-refractivity contribution >= 4 is 27.7 Å². The van der Waals surface area contributed by atoms with Crippen molar-refractivity contribution < 1.29 is 4.74 Å². The molecule has 1 aromatic rings. The molecule has 0 radical (unpaired) electrons. The van der Waals surface area contributed by atoms with Crippen molar-refractivity contribution in [1.82, 2.24) is 5.43 Å². The molecule has 1 atom stereocenters. The highest BCUT2D eigenvalue weighted by atomic mass is 79.9. The standard InChI is InChI=1S/C14H21BrN2OS/c15-12-2-1-3-14(9-12)19-10-13(17-16)8-11-4-6-18-7-5-11/h1-3,9,11,13,17H,4-8,10,16H2. The second kappa shape index (κ2) is 8.27. The second-order valence-corrected chi connectivity index (χ2v) is 6.93. The number of rotatable bonds is 6. The zero-order chi connectivity index (χ0) is 13.5. The average Bonchev–Trinajstić information content (AvgIpc) is 2.44. The Balaban J connectivity index is 1.78. The van der Waals surface area contributed by atoms with Crippen LogP contribution in [0.25, 0.3) is 0 Å². The van der Waals surface area contributed by atoms with Crippen LogP contribution in [0.1, 0.15) is 19.3 Å². The van der Waals surface area contributed by atoms with Crippen LogP contribution in [-0.4, -0.2) is 25.0 Å². The Hall–Kier alpha value is -0.0700. The molecule has 1 fully saturated rings. The van der Waals surface area contributed by atoms with Crippen molar-refractivity contribution in [3.63, 3.8) is 0 Å². The van der Waals surface area contributed by atoms with Crippen LogP contribution in [0.3, 0.4) is 0 Å². The minimum Gasteiger partial charge on any atom is -0.381 e. The Morgan fingerprint density at radius 3 is 2.89 bits per heavy atom. The maximum Gasteiger partial charge on any atom is 0.0468 e. The van der Waals surface area contributed by atoms with Crippen molar-refractivity contribution in [3.8, 4) is 0 Å². The highest BCUT2D eigenvalue weighted by molar-refractivity contribution is 9.10. The van der Waals surface area contributed by atoms with Gasteiger partial charge in [0.2, 0.25) is 0 Å². The van der Waals surface area contributed by atoms with E-state index in [9.17, 15) is 0 Å². The van der Waals surface area contributed by atoms with E-state index in [1.807, 2.05) is 17.8 Å². The lowest BCUT2D eigenvalue weighted by atomic mass is 9.93. The molecule has 0 amide bonds.